The fourth-order valence-corrected chi connectivity index (χ4v) is 3.54. The van der Waals surface area contributed by atoms with Crippen molar-refractivity contribution in [1.29, 1.82) is 0 Å². The summed E-state index contributed by atoms with van der Waals surface area (Å²) >= 11 is 0. The van der Waals surface area contributed by atoms with Crippen molar-refractivity contribution < 1.29 is 9.53 Å². The molecule has 0 unspecified atom stereocenters. The van der Waals surface area contributed by atoms with E-state index in [1.807, 2.05) is 31.8 Å². The molecule has 2 atom stereocenters. The van der Waals surface area contributed by atoms with Gasteiger partial charge in [-0.15, -0.1) is 0 Å². The zero-order valence-corrected chi connectivity index (χ0v) is 14.3. The highest BCUT2D eigenvalue weighted by Crippen LogP contribution is 2.41. The standard InChI is InChI=1S/C17H23N5O2/c1-9-6-12-15(10(2)24-9)20-21-16(12)17(23)18-8-14-13(11-4-5-11)7-19-22(14)3/h7,9-11H,4-6,8H2,1-3H3,(H,18,23)(H,20,21)/t9-,10+/m1/s1. The molecule has 0 saturated heterocycles. The third-order valence-corrected chi connectivity index (χ3v) is 4.98. The van der Waals surface area contributed by atoms with E-state index >= 15 is 0 Å². The highest BCUT2D eigenvalue weighted by atomic mass is 16.5. The van der Waals surface area contributed by atoms with Crippen LogP contribution in [-0.4, -0.2) is 32.0 Å². The van der Waals surface area contributed by atoms with Crippen molar-refractivity contribution in [2.45, 2.75) is 57.8 Å². The van der Waals surface area contributed by atoms with E-state index < -0.39 is 0 Å². The number of carbonyl (C=O) groups is 1. The number of nitrogens with zero attached hydrogens (tertiary/aromatic N) is 3. The number of nitrogens with one attached hydrogen (secondary N) is 2. The fraction of sp³-hybridized carbons (Fsp3) is 0.588. The summed E-state index contributed by atoms with van der Waals surface area (Å²) in [5.41, 5.74) is 4.73. The number of ether oxygens (including phenoxy) is 1. The summed E-state index contributed by atoms with van der Waals surface area (Å²) in [6, 6.07) is 0. The zero-order chi connectivity index (χ0) is 16.8. The van der Waals surface area contributed by atoms with Crippen LogP contribution in [-0.2, 0) is 24.8 Å². The van der Waals surface area contributed by atoms with Crippen LogP contribution in [0.3, 0.4) is 0 Å². The van der Waals surface area contributed by atoms with Crippen LogP contribution in [0.5, 0.6) is 0 Å². The molecule has 24 heavy (non-hydrogen) atoms. The molecule has 2 aliphatic rings. The monoisotopic (exact) mass is 329 g/mol. The molecule has 1 aliphatic carbocycles. The number of hydrogen-bond acceptors (Lipinski definition) is 4. The van der Waals surface area contributed by atoms with Gasteiger partial charge in [0.1, 0.15) is 0 Å². The number of aromatic nitrogens is 4. The van der Waals surface area contributed by atoms with E-state index in [-0.39, 0.29) is 18.1 Å². The number of fused-ring (bicyclic) bond motifs is 1. The Morgan fingerprint density at radius 1 is 1.46 bits per heavy atom. The zero-order valence-electron chi connectivity index (χ0n) is 14.3. The van der Waals surface area contributed by atoms with Crippen LogP contribution in [0, 0.1) is 0 Å². The summed E-state index contributed by atoms with van der Waals surface area (Å²) in [5, 5.41) is 14.5. The second-order valence-electron chi connectivity index (χ2n) is 6.88. The maximum Gasteiger partial charge on any atom is 0.272 e. The predicted molar refractivity (Wildman–Crippen MR) is 87.6 cm³/mol. The van der Waals surface area contributed by atoms with Gasteiger partial charge in [-0.05, 0) is 38.2 Å². The number of rotatable bonds is 4. The number of carbonyl (C=O) groups excluding carboxylic acids is 1. The summed E-state index contributed by atoms with van der Waals surface area (Å²) in [4.78, 5) is 12.6. The Balaban J connectivity index is 1.51. The third kappa shape index (κ3) is 2.62. The second kappa shape index (κ2) is 5.73. The lowest BCUT2D eigenvalue weighted by Crippen LogP contribution is -2.28. The highest BCUT2D eigenvalue weighted by Gasteiger charge is 2.31. The Bertz CT molecular complexity index is 774. The van der Waals surface area contributed by atoms with Crippen LogP contribution in [0.1, 0.15) is 71.7 Å². The topological polar surface area (TPSA) is 84.8 Å². The first-order chi connectivity index (χ1) is 11.5. The van der Waals surface area contributed by atoms with Gasteiger partial charge in [-0.1, -0.05) is 0 Å². The van der Waals surface area contributed by atoms with Gasteiger partial charge in [0.15, 0.2) is 5.69 Å². The number of aryl methyl sites for hydroxylation is 1. The average molecular weight is 329 g/mol. The van der Waals surface area contributed by atoms with Crippen molar-refractivity contribution in [3.8, 4) is 0 Å². The maximum atomic E-state index is 12.6. The van der Waals surface area contributed by atoms with Crippen molar-refractivity contribution in [2.24, 2.45) is 7.05 Å². The first-order valence-electron chi connectivity index (χ1n) is 8.56. The van der Waals surface area contributed by atoms with Gasteiger partial charge in [0.05, 0.1) is 36.3 Å². The maximum absolute atomic E-state index is 12.6. The Labute approximate surface area is 140 Å². The Morgan fingerprint density at radius 2 is 2.25 bits per heavy atom. The van der Waals surface area contributed by atoms with Crippen LogP contribution in [0.4, 0.5) is 0 Å². The van der Waals surface area contributed by atoms with Crippen molar-refractivity contribution in [1.82, 2.24) is 25.3 Å². The minimum absolute atomic E-state index is 0.0589. The SMILES string of the molecule is C[C@@H]1Cc2c(C(=O)NCc3c(C4CC4)cnn3C)n[nH]c2[C@H](C)O1. The van der Waals surface area contributed by atoms with Crippen molar-refractivity contribution in [3.63, 3.8) is 0 Å². The van der Waals surface area contributed by atoms with E-state index in [4.69, 9.17) is 4.74 Å². The molecule has 3 heterocycles. The second-order valence-corrected chi connectivity index (χ2v) is 6.88. The van der Waals surface area contributed by atoms with Crippen LogP contribution < -0.4 is 5.32 Å². The van der Waals surface area contributed by atoms with Gasteiger partial charge in [-0.3, -0.25) is 14.6 Å². The molecule has 0 spiro atoms. The largest absolute Gasteiger partial charge is 0.369 e. The average Bonchev–Trinajstić information content (AvgIpc) is 3.18. The molecule has 1 amide bonds. The number of H-pyrrole nitrogens is 1. The minimum atomic E-state index is -0.142. The lowest BCUT2D eigenvalue weighted by molar-refractivity contribution is -0.00697. The Kier molecular flexibility index (Phi) is 3.68. The summed E-state index contributed by atoms with van der Waals surface area (Å²) in [6.07, 6.45) is 5.10. The first-order valence-corrected chi connectivity index (χ1v) is 8.56. The minimum Gasteiger partial charge on any atom is -0.369 e. The molecule has 0 aromatic carbocycles. The van der Waals surface area contributed by atoms with Crippen LogP contribution >= 0.6 is 0 Å². The Morgan fingerprint density at radius 3 is 3.00 bits per heavy atom. The molecule has 2 aromatic heterocycles. The quantitative estimate of drug-likeness (QED) is 0.898. The third-order valence-electron chi connectivity index (χ3n) is 4.98. The lowest BCUT2D eigenvalue weighted by Gasteiger charge is -2.25. The highest BCUT2D eigenvalue weighted by molar-refractivity contribution is 5.94. The summed E-state index contributed by atoms with van der Waals surface area (Å²) in [7, 11) is 1.92. The molecule has 1 saturated carbocycles. The number of hydrogen-bond donors (Lipinski definition) is 2. The fourth-order valence-electron chi connectivity index (χ4n) is 3.54. The molecule has 0 radical (unpaired) electrons. The molecule has 128 valence electrons. The van der Waals surface area contributed by atoms with Gasteiger partial charge in [-0.25, -0.2) is 0 Å². The molecule has 4 rings (SSSR count). The van der Waals surface area contributed by atoms with Crippen molar-refractivity contribution >= 4 is 5.91 Å². The van der Waals surface area contributed by atoms with Gasteiger partial charge >= 0.3 is 0 Å². The summed E-state index contributed by atoms with van der Waals surface area (Å²) in [6.45, 7) is 4.47. The molecule has 1 fully saturated rings. The molecule has 1 aliphatic heterocycles. The molecular formula is C17H23N5O2. The van der Waals surface area contributed by atoms with E-state index in [0.29, 0.717) is 24.6 Å². The molecule has 2 N–H and O–H groups in total. The van der Waals surface area contributed by atoms with E-state index in [1.165, 1.54) is 18.4 Å². The van der Waals surface area contributed by atoms with Gasteiger partial charge < -0.3 is 10.1 Å². The van der Waals surface area contributed by atoms with Crippen molar-refractivity contribution in [3.05, 3.63) is 34.4 Å². The van der Waals surface area contributed by atoms with Gasteiger partial charge in [0, 0.05) is 19.0 Å². The summed E-state index contributed by atoms with van der Waals surface area (Å²) in [5.74, 6) is 0.472. The van der Waals surface area contributed by atoms with Gasteiger partial charge in [0.25, 0.3) is 5.91 Å². The van der Waals surface area contributed by atoms with Gasteiger partial charge in [0.2, 0.25) is 0 Å². The molecule has 0 bridgehead atoms. The van der Waals surface area contributed by atoms with Crippen molar-refractivity contribution in [2.75, 3.05) is 0 Å². The number of amides is 1. The molecule has 2 aromatic rings. The predicted octanol–water partition coefficient (Wildman–Crippen LogP) is 1.97. The van der Waals surface area contributed by atoms with Gasteiger partial charge in [-0.2, -0.15) is 10.2 Å². The molecular weight excluding hydrogens is 306 g/mol. The van der Waals surface area contributed by atoms with Crippen LogP contribution in [0.15, 0.2) is 6.20 Å². The number of aromatic amines is 1. The molecule has 7 heteroatoms. The summed E-state index contributed by atoms with van der Waals surface area (Å²) < 4.78 is 7.63. The van der Waals surface area contributed by atoms with Crippen LogP contribution in [0.25, 0.3) is 0 Å². The van der Waals surface area contributed by atoms with E-state index in [0.717, 1.165) is 17.0 Å². The van der Waals surface area contributed by atoms with E-state index in [2.05, 4.69) is 20.6 Å². The Hall–Kier alpha value is -2.15. The smallest absolute Gasteiger partial charge is 0.272 e. The van der Waals surface area contributed by atoms with E-state index in [9.17, 15) is 4.79 Å². The van der Waals surface area contributed by atoms with Crippen LogP contribution in [0.2, 0.25) is 0 Å². The normalized spacial score (nSPS) is 23.1. The first kappa shape index (κ1) is 15.4. The lowest BCUT2D eigenvalue weighted by atomic mass is 9.99. The van der Waals surface area contributed by atoms with E-state index in [1.54, 1.807) is 0 Å². The molecule has 7 nitrogen and oxygen atoms in total.